The number of nitrogens with two attached hydrogens (primary N) is 1. The Balaban J connectivity index is 1.49. The molecule has 0 radical (unpaired) electrons. The second-order valence-corrected chi connectivity index (χ2v) is 9.85. The number of benzene rings is 2. The average molecular weight is 561 g/mol. The molecule has 1 saturated heterocycles. The minimum Gasteiger partial charge on any atom is -0.388 e. The van der Waals surface area contributed by atoms with Crippen molar-refractivity contribution >= 4 is 28.8 Å². The lowest BCUT2D eigenvalue weighted by Gasteiger charge is -2.26. The van der Waals surface area contributed by atoms with Gasteiger partial charge in [-0.15, -0.1) is 0 Å². The van der Waals surface area contributed by atoms with E-state index in [4.69, 9.17) is 15.5 Å². The van der Waals surface area contributed by atoms with Gasteiger partial charge < -0.3 is 31.3 Å². The molecule has 2 aromatic carbocycles. The third-order valence-corrected chi connectivity index (χ3v) is 7.13. The number of likely N-dealkylation sites (N-methyl/N-ethyl adjacent to an activating group) is 1. The van der Waals surface area contributed by atoms with Crippen molar-refractivity contribution in [3.63, 3.8) is 0 Å². The second-order valence-electron chi connectivity index (χ2n) is 9.85. The van der Waals surface area contributed by atoms with Crippen LogP contribution in [0.2, 0.25) is 0 Å². The molecule has 41 heavy (non-hydrogen) atoms. The van der Waals surface area contributed by atoms with Crippen molar-refractivity contribution in [1.29, 1.82) is 0 Å². The quantitative estimate of drug-likeness (QED) is 0.160. The molecule has 0 spiro atoms. The monoisotopic (exact) mass is 560 g/mol. The van der Waals surface area contributed by atoms with Gasteiger partial charge in [-0.2, -0.15) is 9.97 Å². The number of ether oxygens (including phenoxy) is 1. The molecule has 1 aliphatic heterocycles. The van der Waals surface area contributed by atoms with Crippen LogP contribution in [0.4, 0.5) is 11.8 Å². The number of nitrogens with zero attached hydrogens (tertiary/aromatic N) is 5. The Hall–Kier alpha value is -4.10. The van der Waals surface area contributed by atoms with Gasteiger partial charge in [-0.05, 0) is 31.0 Å². The smallest absolute Gasteiger partial charge is 0.273 e. The summed E-state index contributed by atoms with van der Waals surface area (Å²) in [5.41, 5.74) is 8.87. The summed E-state index contributed by atoms with van der Waals surface area (Å²) < 4.78 is 6.93. The number of fused-ring (bicyclic) bond motifs is 1. The lowest BCUT2D eigenvalue weighted by molar-refractivity contribution is -0.132. The molecule has 0 saturated carbocycles. The minimum atomic E-state index is -1.32. The first-order chi connectivity index (χ1) is 20.0. The van der Waals surface area contributed by atoms with Crippen LogP contribution in [0.15, 0.2) is 67.0 Å². The molecule has 4 aromatic rings. The van der Waals surface area contributed by atoms with Gasteiger partial charge in [-0.3, -0.25) is 4.79 Å². The molecule has 0 bridgehead atoms. The summed E-state index contributed by atoms with van der Waals surface area (Å²) in [4.78, 5) is 27.3. The number of anilines is 2. The highest BCUT2D eigenvalue weighted by Crippen LogP contribution is 2.27. The van der Waals surface area contributed by atoms with E-state index in [1.165, 1.54) is 16.0 Å². The minimum absolute atomic E-state index is 0.0410. The van der Waals surface area contributed by atoms with Gasteiger partial charge in [0.2, 0.25) is 5.95 Å². The molecule has 216 valence electrons. The molecule has 6 N–H and O–H groups in total. The lowest BCUT2D eigenvalue weighted by Crippen LogP contribution is -2.50. The predicted octanol–water partition coefficient (Wildman–Crippen LogP) is 1.44. The topological polar surface area (TPSA) is 164 Å². The predicted molar refractivity (Wildman–Crippen MR) is 156 cm³/mol. The van der Waals surface area contributed by atoms with Gasteiger partial charge in [0.1, 0.15) is 18.5 Å². The van der Waals surface area contributed by atoms with E-state index in [0.29, 0.717) is 42.6 Å². The summed E-state index contributed by atoms with van der Waals surface area (Å²) in [6.45, 7) is 3.55. The standard InChI is InChI=1S/C29H36N8O4/c1-2-36(28(40)25-24(39)22(38)17-41-25)37-18-33-23-26(34-29(35-27(23)37)31-15-9-14-30)32-16-21(19-10-5-3-6-11-19)20-12-7-4-8-13-20/h3-8,10-13,18,21-22,24-25,38-39H,2,9,14-17,30H2,1H3,(H2,31,32,34,35)/t22-,24-,25-/m0/s1. The van der Waals surface area contributed by atoms with Gasteiger partial charge >= 0.3 is 0 Å². The van der Waals surface area contributed by atoms with Gasteiger partial charge in [0.25, 0.3) is 5.91 Å². The molecule has 0 unspecified atom stereocenters. The Bertz CT molecular complexity index is 1400. The Morgan fingerprint density at radius 2 is 1.78 bits per heavy atom. The molecular formula is C29H36N8O4. The highest BCUT2D eigenvalue weighted by molar-refractivity contribution is 5.93. The highest BCUT2D eigenvalue weighted by Gasteiger charge is 2.42. The number of imidazole rings is 1. The third kappa shape index (κ3) is 6.15. The van der Waals surface area contributed by atoms with E-state index in [1.807, 2.05) is 36.4 Å². The molecule has 12 heteroatoms. The molecular weight excluding hydrogens is 524 g/mol. The Morgan fingerprint density at radius 1 is 1.10 bits per heavy atom. The Kier molecular flexibility index (Phi) is 9.04. The van der Waals surface area contributed by atoms with Gasteiger partial charge in [-0.25, -0.2) is 14.7 Å². The maximum absolute atomic E-state index is 13.4. The molecule has 3 heterocycles. The highest BCUT2D eigenvalue weighted by atomic mass is 16.5. The largest absolute Gasteiger partial charge is 0.388 e. The first-order valence-electron chi connectivity index (χ1n) is 13.8. The molecule has 1 aliphatic rings. The number of carbonyl (C=O) groups is 1. The zero-order chi connectivity index (χ0) is 28.8. The molecule has 5 rings (SSSR count). The van der Waals surface area contributed by atoms with Crippen LogP contribution >= 0.6 is 0 Å². The van der Waals surface area contributed by atoms with Crippen LogP contribution in [0.3, 0.4) is 0 Å². The number of nitrogens with one attached hydrogen (secondary N) is 2. The first-order valence-corrected chi connectivity index (χ1v) is 13.8. The summed E-state index contributed by atoms with van der Waals surface area (Å²) >= 11 is 0. The number of aromatic nitrogens is 4. The number of aliphatic hydroxyl groups excluding tert-OH is 2. The second kappa shape index (κ2) is 13.0. The van der Waals surface area contributed by atoms with Crippen molar-refractivity contribution in [2.45, 2.75) is 37.6 Å². The van der Waals surface area contributed by atoms with Crippen molar-refractivity contribution in [3.8, 4) is 0 Å². The third-order valence-electron chi connectivity index (χ3n) is 7.13. The fraction of sp³-hybridized carbons (Fsp3) is 0.379. The van der Waals surface area contributed by atoms with Gasteiger partial charge in [0.15, 0.2) is 23.1 Å². The fourth-order valence-corrected chi connectivity index (χ4v) is 4.95. The molecule has 1 fully saturated rings. The van der Waals surface area contributed by atoms with Crippen molar-refractivity contribution < 1.29 is 19.7 Å². The summed E-state index contributed by atoms with van der Waals surface area (Å²) in [6, 6.07) is 20.5. The fourth-order valence-electron chi connectivity index (χ4n) is 4.95. The van der Waals surface area contributed by atoms with Crippen molar-refractivity contribution in [1.82, 2.24) is 19.6 Å². The number of carbonyl (C=O) groups excluding carboxylic acids is 1. The average Bonchev–Trinajstić information content (AvgIpc) is 3.57. The van der Waals surface area contributed by atoms with Crippen LogP contribution in [0.5, 0.6) is 0 Å². The van der Waals surface area contributed by atoms with Crippen molar-refractivity contribution in [2.24, 2.45) is 5.73 Å². The van der Waals surface area contributed by atoms with Crippen molar-refractivity contribution in [2.75, 3.05) is 48.4 Å². The maximum Gasteiger partial charge on any atom is 0.273 e. The maximum atomic E-state index is 13.4. The van der Waals surface area contributed by atoms with Crippen molar-refractivity contribution in [3.05, 3.63) is 78.1 Å². The molecule has 2 aromatic heterocycles. The zero-order valence-electron chi connectivity index (χ0n) is 22.9. The van der Waals surface area contributed by atoms with Gasteiger partial charge in [0, 0.05) is 25.6 Å². The van der Waals surface area contributed by atoms with E-state index in [0.717, 1.165) is 17.5 Å². The van der Waals surface area contributed by atoms with E-state index >= 15 is 0 Å². The number of rotatable bonds is 12. The normalized spacial score (nSPS) is 18.6. The van der Waals surface area contributed by atoms with Crippen LogP contribution in [0, 0.1) is 0 Å². The summed E-state index contributed by atoms with van der Waals surface area (Å²) in [7, 11) is 0. The lowest BCUT2D eigenvalue weighted by atomic mass is 9.91. The molecule has 3 atom stereocenters. The summed E-state index contributed by atoms with van der Waals surface area (Å²) in [5.74, 6) is 0.410. The Morgan fingerprint density at radius 3 is 2.37 bits per heavy atom. The van der Waals surface area contributed by atoms with Crippen LogP contribution in [-0.4, -0.2) is 86.8 Å². The SMILES string of the molecule is CCN(C(=O)[C@H]1OC[C@H](O)[C@@H]1O)n1cnc2c(NCC(c3ccccc3)c3ccccc3)nc(NCCCN)nc21. The van der Waals surface area contributed by atoms with Gasteiger partial charge in [0.05, 0.1) is 6.61 Å². The van der Waals surface area contributed by atoms with E-state index in [-0.39, 0.29) is 19.1 Å². The van der Waals surface area contributed by atoms with E-state index < -0.39 is 24.2 Å². The molecule has 1 amide bonds. The number of amides is 1. The first kappa shape index (κ1) is 28.4. The summed E-state index contributed by atoms with van der Waals surface area (Å²) in [5, 5.41) is 28.3. The zero-order valence-corrected chi connectivity index (χ0v) is 22.9. The molecule has 12 nitrogen and oxygen atoms in total. The van der Waals surface area contributed by atoms with E-state index in [9.17, 15) is 15.0 Å². The van der Waals surface area contributed by atoms with Gasteiger partial charge in [-0.1, -0.05) is 60.7 Å². The number of aliphatic hydroxyl groups is 2. The van der Waals surface area contributed by atoms with Crippen LogP contribution in [0.1, 0.15) is 30.4 Å². The van der Waals surface area contributed by atoms with Crippen LogP contribution < -0.4 is 21.4 Å². The Labute approximate surface area is 238 Å². The summed E-state index contributed by atoms with van der Waals surface area (Å²) in [6.07, 6.45) is -1.41. The van der Waals surface area contributed by atoms with Crippen LogP contribution in [-0.2, 0) is 9.53 Å². The van der Waals surface area contributed by atoms with E-state index in [1.54, 1.807) is 6.92 Å². The van der Waals surface area contributed by atoms with E-state index in [2.05, 4.69) is 44.9 Å². The molecule has 0 aliphatic carbocycles. The number of hydrogen-bond acceptors (Lipinski definition) is 10. The number of hydrogen-bond donors (Lipinski definition) is 5. The van der Waals surface area contributed by atoms with Crippen LogP contribution in [0.25, 0.3) is 11.2 Å².